The molecule has 0 N–H and O–H groups in total. The first-order valence-corrected chi connectivity index (χ1v) is 11.4. The zero-order valence-electron chi connectivity index (χ0n) is 17.5. The SMILES string of the molecule is O=C(c1cc(COc2ccc3c(c2)OCO3)cs1)N1CCN(Cc2ccc(F)cc2)CC1. The Morgan fingerprint density at radius 3 is 2.56 bits per heavy atom. The summed E-state index contributed by atoms with van der Waals surface area (Å²) in [6, 6.07) is 14.0. The molecule has 2 aliphatic heterocycles. The maximum atomic E-state index is 13.1. The minimum absolute atomic E-state index is 0.0609. The molecule has 0 bridgehead atoms. The second-order valence-electron chi connectivity index (χ2n) is 7.82. The molecule has 0 radical (unpaired) electrons. The van der Waals surface area contributed by atoms with Gasteiger partial charge in [0.1, 0.15) is 18.2 Å². The molecule has 3 aromatic rings. The van der Waals surface area contributed by atoms with Gasteiger partial charge in [0.05, 0.1) is 4.88 Å². The molecule has 1 aromatic heterocycles. The van der Waals surface area contributed by atoms with Crippen LogP contribution in [0.25, 0.3) is 0 Å². The highest BCUT2D eigenvalue weighted by molar-refractivity contribution is 7.12. The van der Waals surface area contributed by atoms with E-state index in [1.165, 1.54) is 23.5 Å². The van der Waals surface area contributed by atoms with E-state index < -0.39 is 0 Å². The molecule has 8 heteroatoms. The number of piperazine rings is 1. The summed E-state index contributed by atoms with van der Waals surface area (Å²) in [6.07, 6.45) is 0. The fourth-order valence-corrected chi connectivity index (χ4v) is 4.67. The molecule has 1 saturated heterocycles. The molecule has 6 nitrogen and oxygen atoms in total. The zero-order chi connectivity index (χ0) is 21.9. The Bertz CT molecular complexity index is 1090. The van der Waals surface area contributed by atoms with Crippen molar-refractivity contribution in [3.8, 4) is 17.2 Å². The molecule has 3 heterocycles. The minimum Gasteiger partial charge on any atom is -0.489 e. The Labute approximate surface area is 189 Å². The van der Waals surface area contributed by atoms with Gasteiger partial charge in [0, 0.05) is 44.4 Å². The fraction of sp³-hybridized carbons (Fsp3) is 0.292. The van der Waals surface area contributed by atoms with Crippen LogP contribution in [0.4, 0.5) is 4.39 Å². The molecular formula is C24H23FN2O4S. The lowest BCUT2D eigenvalue weighted by Gasteiger charge is -2.34. The predicted octanol–water partition coefficient (Wildman–Crippen LogP) is 4.15. The summed E-state index contributed by atoms with van der Waals surface area (Å²) in [7, 11) is 0. The van der Waals surface area contributed by atoms with Crippen molar-refractivity contribution in [3.05, 3.63) is 75.7 Å². The number of rotatable bonds is 6. The van der Waals surface area contributed by atoms with Gasteiger partial charge in [-0.25, -0.2) is 4.39 Å². The van der Waals surface area contributed by atoms with Crippen LogP contribution in [0.1, 0.15) is 20.8 Å². The van der Waals surface area contributed by atoms with Crippen molar-refractivity contribution < 1.29 is 23.4 Å². The maximum absolute atomic E-state index is 13.1. The summed E-state index contributed by atoms with van der Waals surface area (Å²) in [5.74, 6) is 1.94. The molecule has 0 aliphatic carbocycles. The van der Waals surface area contributed by atoms with Crippen molar-refractivity contribution in [1.29, 1.82) is 0 Å². The monoisotopic (exact) mass is 454 g/mol. The van der Waals surface area contributed by atoms with Crippen molar-refractivity contribution >= 4 is 17.2 Å². The van der Waals surface area contributed by atoms with Crippen LogP contribution in [0, 0.1) is 5.82 Å². The standard InChI is InChI=1S/C24H23FN2O4S/c25-19-3-1-17(2-4-19)13-26-7-9-27(10-8-26)24(28)23-11-18(15-32-23)14-29-20-5-6-21-22(12-20)31-16-30-21/h1-6,11-12,15H,7-10,13-14,16H2. The molecular weight excluding hydrogens is 431 g/mol. The Morgan fingerprint density at radius 1 is 0.969 bits per heavy atom. The topological polar surface area (TPSA) is 51.2 Å². The van der Waals surface area contributed by atoms with E-state index in [0.717, 1.165) is 41.4 Å². The summed E-state index contributed by atoms with van der Waals surface area (Å²) < 4.78 is 29.6. The van der Waals surface area contributed by atoms with Crippen LogP contribution in [0.3, 0.4) is 0 Å². The van der Waals surface area contributed by atoms with Gasteiger partial charge >= 0.3 is 0 Å². The van der Waals surface area contributed by atoms with E-state index in [9.17, 15) is 9.18 Å². The Balaban J connectivity index is 1.12. The summed E-state index contributed by atoms with van der Waals surface area (Å²) in [5, 5.41) is 1.96. The van der Waals surface area contributed by atoms with Gasteiger partial charge < -0.3 is 19.1 Å². The second kappa shape index (κ2) is 9.18. The van der Waals surface area contributed by atoms with E-state index in [2.05, 4.69) is 4.90 Å². The number of nitrogens with zero attached hydrogens (tertiary/aromatic N) is 2. The first-order chi connectivity index (χ1) is 15.6. The van der Waals surface area contributed by atoms with E-state index in [1.54, 1.807) is 0 Å². The third kappa shape index (κ3) is 4.71. The molecule has 5 rings (SSSR count). The molecule has 1 amide bonds. The van der Waals surface area contributed by atoms with Gasteiger partial charge in [-0.15, -0.1) is 11.3 Å². The number of carbonyl (C=O) groups excluding carboxylic acids is 1. The predicted molar refractivity (Wildman–Crippen MR) is 119 cm³/mol. The van der Waals surface area contributed by atoms with E-state index in [-0.39, 0.29) is 18.5 Å². The molecule has 1 fully saturated rings. The zero-order valence-corrected chi connectivity index (χ0v) is 18.3. The molecule has 2 aromatic carbocycles. The summed E-state index contributed by atoms with van der Waals surface area (Å²) in [4.78, 5) is 17.8. The summed E-state index contributed by atoms with van der Waals surface area (Å²) in [5.41, 5.74) is 2.04. The molecule has 166 valence electrons. The third-order valence-corrected chi connectivity index (χ3v) is 6.56. The average molecular weight is 455 g/mol. The van der Waals surface area contributed by atoms with Crippen LogP contribution < -0.4 is 14.2 Å². The van der Waals surface area contributed by atoms with Gasteiger partial charge in [-0.2, -0.15) is 0 Å². The van der Waals surface area contributed by atoms with Crippen LogP contribution in [-0.2, 0) is 13.2 Å². The normalized spacial score (nSPS) is 15.7. The van der Waals surface area contributed by atoms with E-state index in [1.807, 2.05) is 46.7 Å². The second-order valence-corrected chi connectivity index (χ2v) is 8.73. The van der Waals surface area contributed by atoms with Gasteiger partial charge in [0.25, 0.3) is 5.91 Å². The quantitative estimate of drug-likeness (QED) is 0.560. The molecule has 2 aliphatic rings. The number of hydrogen-bond acceptors (Lipinski definition) is 6. The van der Waals surface area contributed by atoms with Crippen LogP contribution in [0.15, 0.2) is 53.9 Å². The lowest BCUT2D eigenvalue weighted by molar-refractivity contribution is 0.0633. The van der Waals surface area contributed by atoms with Gasteiger partial charge in [-0.1, -0.05) is 12.1 Å². The number of fused-ring (bicyclic) bond motifs is 1. The number of hydrogen-bond donors (Lipinski definition) is 0. The Morgan fingerprint density at radius 2 is 1.75 bits per heavy atom. The van der Waals surface area contributed by atoms with Crippen molar-refractivity contribution in [2.24, 2.45) is 0 Å². The maximum Gasteiger partial charge on any atom is 0.264 e. The summed E-state index contributed by atoms with van der Waals surface area (Å²) in [6.45, 7) is 4.35. The van der Waals surface area contributed by atoms with Gasteiger partial charge in [-0.05, 0) is 41.3 Å². The fourth-order valence-electron chi connectivity index (χ4n) is 3.81. The molecule has 0 unspecified atom stereocenters. The van der Waals surface area contributed by atoms with Crippen LogP contribution in [-0.4, -0.2) is 48.7 Å². The number of amides is 1. The van der Waals surface area contributed by atoms with Gasteiger partial charge in [0.15, 0.2) is 11.5 Å². The van der Waals surface area contributed by atoms with Crippen LogP contribution in [0.2, 0.25) is 0 Å². The highest BCUT2D eigenvalue weighted by Gasteiger charge is 2.23. The van der Waals surface area contributed by atoms with E-state index in [4.69, 9.17) is 14.2 Å². The number of benzene rings is 2. The number of ether oxygens (including phenoxy) is 3. The van der Waals surface area contributed by atoms with Gasteiger partial charge in [0.2, 0.25) is 6.79 Å². The summed E-state index contributed by atoms with van der Waals surface area (Å²) >= 11 is 1.45. The first kappa shape index (κ1) is 20.8. The van der Waals surface area contributed by atoms with E-state index >= 15 is 0 Å². The van der Waals surface area contributed by atoms with Crippen molar-refractivity contribution in [2.75, 3.05) is 33.0 Å². The average Bonchev–Trinajstić information content (AvgIpc) is 3.48. The number of carbonyl (C=O) groups is 1. The lowest BCUT2D eigenvalue weighted by atomic mass is 10.2. The number of thiophene rings is 1. The Kier molecular flexibility index (Phi) is 5.96. The highest BCUT2D eigenvalue weighted by Crippen LogP contribution is 2.35. The largest absolute Gasteiger partial charge is 0.489 e. The molecule has 0 atom stereocenters. The molecule has 32 heavy (non-hydrogen) atoms. The van der Waals surface area contributed by atoms with Crippen LogP contribution >= 0.6 is 11.3 Å². The molecule has 0 saturated carbocycles. The van der Waals surface area contributed by atoms with Crippen molar-refractivity contribution in [1.82, 2.24) is 9.80 Å². The smallest absolute Gasteiger partial charge is 0.264 e. The highest BCUT2D eigenvalue weighted by atomic mass is 32.1. The molecule has 0 spiro atoms. The van der Waals surface area contributed by atoms with Crippen LogP contribution in [0.5, 0.6) is 17.2 Å². The number of halogens is 1. The van der Waals surface area contributed by atoms with Crippen molar-refractivity contribution in [3.63, 3.8) is 0 Å². The van der Waals surface area contributed by atoms with Crippen molar-refractivity contribution in [2.45, 2.75) is 13.2 Å². The Hall–Kier alpha value is -3.10. The van der Waals surface area contributed by atoms with Gasteiger partial charge in [-0.3, -0.25) is 9.69 Å². The first-order valence-electron chi connectivity index (χ1n) is 10.5. The lowest BCUT2D eigenvalue weighted by Crippen LogP contribution is -2.48. The third-order valence-electron chi connectivity index (χ3n) is 5.59. The minimum atomic E-state index is -0.222. The van der Waals surface area contributed by atoms with E-state index in [0.29, 0.717) is 31.2 Å².